The van der Waals surface area contributed by atoms with Crippen LogP contribution in [0.5, 0.6) is 0 Å². The summed E-state index contributed by atoms with van der Waals surface area (Å²) in [6, 6.07) is 0. The molecule has 13 heavy (non-hydrogen) atoms. The third-order valence-electron chi connectivity index (χ3n) is 1.26. The van der Waals surface area contributed by atoms with Gasteiger partial charge in [0.1, 0.15) is 12.2 Å². The van der Waals surface area contributed by atoms with Gasteiger partial charge in [-0.25, -0.2) is 0 Å². The van der Waals surface area contributed by atoms with E-state index >= 15 is 0 Å². The Labute approximate surface area is 78.5 Å². The number of ketones is 1. The highest BCUT2D eigenvalue weighted by Gasteiger charge is 2.10. The predicted octanol–water partition coefficient (Wildman–Crippen LogP) is 1.31. The monoisotopic (exact) mass is 182 g/mol. The lowest BCUT2D eigenvalue weighted by Crippen LogP contribution is -2.15. The van der Waals surface area contributed by atoms with E-state index < -0.39 is 5.97 Å². The molecule has 0 fully saturated rings. The van der Waals surface area contributed by atoms with Crippen LogP contribution >= 0.6 is 0 Å². The van der Waals surface area contributed by atoms with Crippen LogP contribution in [0.1, 0.15) is 33.1 Å². The van der Waals surface area contributed by atoms with E-state index in [-0.39, 0.29) is 24.7 Å². The number of hydrogen-bond acceptors (Lipinski definition) is 3. The molecule has 0 aromatic carbocycles. The maximum atomic E-state index is 11.0. The highest BCUT2D eigenvalue weighted by atomic mass is 16.5. The molecule has 0 aliphatic rings. The number of Topliss-reactive ketones (excluding diaryl/α,β-unsaturated/α-hetero) is 1. The van der Waals surface area contributed by atoms with E-state index in [1.807, 2.05) is 0 Å². The fraction of sp³-hybridized carbons (Fsp3) is 0.600. The van der Waals surface area contributed by atoms with E-state index in [0.29, 0.717) is 6.42 Å². The number of carbonyl (C=O) groups is 2. The summed E-state index contributed by atoms with van der Waals surface area (Å²) in [5, 5.41) is 0. The number of ether oxygens (including phenoxy) is 1. The minimum absolute atomic E-state index is 0.163. The summed E-state index contributed by atoms with van der Waals surface area (Å²) >= 11 is 0. The van der Waals surface area contributed by atoms with E-state index in [4.69, 9.17) is 11.2 Å². The normalized spacial score (nSPS) is 9.38. The molecule has 0 radical (unpaired) electrons. The fourth-order valence-electron chi connectivity index (χ4n) is 0.766. The lowest BCUT2D eigenvalue weighted by molar-refractivity contribution is -0.149. The molecule has 0 aliphatic carbocycles. The van der Waals surface area contributed by atoms with Crippen LogP contribution in [0.3, 0.4) is 0 Å². The Kier molecular flexibility index (Phi) is 5.62. The molecule has 0 saturated heterocycles. The zero-order chi connectivity index (χ0) is 10.3. The Morgan fingerprint density at radius 1 is 1.46 bits per heavy atom. The third kappa shape index (κ3) is 7.07. The van der Waals surface area contributed by atoms with Crippen LogP contribution in [0.4, 0.5) is 0 Å². The average Bonchev–Trinajstić information content (AvgIpc) is 1.98. The molecule has 0 amide bonds. The molecule has 0 N–H and O–H groups in total. The second kappa shape index (κ2) is 6.24. The zero-order valence-corrected chi connectivity index (χ0v) is 8.00. The SMILES string of the molecule is C#CCCC(=O)CC(=O)OC(C)C. The zero-order valence-electron chi connectivity index (χ0n) is 8.00. The molecule has 0 bridgehead atoms. The first-order valence-electron chi connectivity index (χ1n) is 4.21. The van der Waals surface area contributed by atoms with Crippen molar-refractivity contribution in [2.24, 2.45) is 0 Å². The lowest BCUT2D eigenvalue weighted by atomic mass is 10.2. The minimum atomic E-state index is -0.475. The quantitative estimate of drug-likeness (QED) is 0.366. The highest BCUT2D eigenvalue weighted by molar-refractivity contribution is 5.95. The minimum Gasteiger partial charge on any atom is -0.463 e. The Balaban J connectivity index is 3.67. The van der Waals surface area contributed by atoms with Gasteiger partial charge >= 0.3 is 5.97 Å². The molecule has 0 atom stereocenters. The first kappa shape index (κ1) is 11.7. The highest BCUT2D eigenvalue weighted by Crippen LogP contribution is 1.98. The van der Waals surface area contributed by atoms with Crippen molar-refractivity contribution < 1.29 is 14.3 Å². The molecule has 0 aromatic rings. The standard InChI is InChI=1S/C10H14O3/c1-4-5-6-9(11)7-10(12)13-8(2)3/h1,8H,5-7H2,2-3H3. The molecular weight excluding hydrogens is 168 g/mol. The van der Waals surface area contributed by atoms with Gasteiger partial charge in [-0.15, -0.1) is 12.3 Å². The summed E-state index contributed by atoms with van der Waals surface area (Å²) < 4.78 is 4.79. The van der Waals surface area contributed by atoms with Gasteiger partial charge in [-0.05, 0) is 13.8 Å². The van der Waals surface area contributed by atoms with E-state index in [2.05, 4.69) is 5.92 Å². The van der Waals surface area contributed by atoms with E-state index in [1.165, 1.54) is 0 Å². The van der Waals surface area contributed by atoms with Crippen molar-refractivity contribution in [3.63, 3.8) is 0 Å². The van der Waals surface area contributed by atoms with Crippen molar-refractivity contribution in [3.8, 4) is 12.3 Å². The average molecular weight is 182 g/mol. The lowest BCUT2D eigenvalue weighted by Gasteiger charge is -2.06. The summed E-state index contributed by atoms with van der Waals surface area (Å²) in [6.07, 6.45) is 5.27. The largest absolute Gasteiger partial charge is 0.463 e. The number of hydrogen-bond donors (Lipinski definition) is 0. The molecule has 0 spiro atoms. The van der Waals surface area contributed by atoms with Gasteiger partial charge in [0.05, 0.1) is 6.10 Å². The van der Waals surface area contributed by atoms with Crippen LogP contribution in [0, 0.1) is 12.3 Å². The van der Waals surface area contributed by atoms with Crippen LogP contribution in [-0.4, -0.2) is 17.9 Å². The molecule has 0 rings (SSSR count). The molecular formula is C10H14O3. The number of esters is 1. The summed E-state index contributed by atoms with van der Waals surface area (Å²) in [7, 11) is 0. The van der Waals surface area contributed by atoms with Gasteiger partial charge in [0.25, 0.3) is 0 Å². The summed E-state index contributed by atoms with van der Waals surface area (Å²) in [5.74, 6) is 1.70. The van der Waals surface area contributed by atoms with E-state index in [1.54, 1.807) is 13.8 Å². The van der Waals surface area contributed by atoms with Crippen LogP contribution in [0.15, 0.2) is 0 Å². The van der Waals surface area contributed by atoms with Crippen molar-refractivity contribution in [2.45, 2.75) is 39.2 Å². The van der Waals surface area contributed by atoms with Crippen LogP contribution in [0.25, 0.3) is 0 Å². The van der Waals surface area contributed by atoms with Gasteiger partial charge in [-0.1, -0.05) is 0 Å². The van der Waals surface area contributed by atoms with Crippen molar-refractivity contribution in [1.82, 2.24) is 0 Å². The van der Waals surface area contributed by atoms with Gasteiger partial charge < -0.3 is 4.74 Å². The van der Waals surface area contributed by atoms with Gasteiger partial charge in [0.2, 0.25) is 0 Å². The Morgan fingerprint density at radius 3 is 2.54 bits per heavy atom. The molecule has 72 valence electrons. The maximum absolute atomic E-state index is 11.0. The Hall–Kier alpha value is -1.30. The second-order valence-corrected chi connectivity index (χ2v) is 2.96. The number of carbonyl (C=O) groups excluding carboxylic acids is 2. The smallest absolute Gasteiger partial charge is 0.313 e. The number of rotatable bonds is 5. The van der Waals surface area contributed by atoms with Crippen LogP contribution in [0.2, 0.25) is 0 Å². The third-order valence-corrected chi connectivity index (χ3v) is 1.26. The molecule has 0 heterocycles. The maximum Gasteiger partial charge on any atom is 0.313 e. The first-order chi connectivity index (χ1) is 6.06. The molecule has 0 aliphatic heterocycles. The molecule has 0 unspecified atom stereocenters. The number of terminal acetylenes is 1. The fourth-order valence-corrected chi connectivity index (χ4v) is 0.766. The summed E-state index contributed by atoms with van der Waals surface area (Å²) in [6.45, 7) is 3.48. The summed E-state index contributed by atoms with van der Waals surface area (Å²) in [4.78, 5) is 21.9. The Morgan fingerprint density at radius 2 is 2.08 bits per heavy atom. The van der Waals surface area contributed by atoms with E-state index in [0.717, 1.165) is 0 Å². The van der Waals surface area contributed by atoms with E-state index in [9.17, 15) is 9.59 Å². The van der Waals surface area contributed by atoms with Gasteiger partial charge in [0.15, 0.2) is 0 Å². The topological polar surface area (TPSA) is 43.4 Å². The van der Waals surface area contributed by atoms with Crippen LogP contribution < -0.4 is 0 Å². The molecule has 3 heteroatoms. The molecule has 3 nitrogen and oxygen atoms in total. The van der Waals surface area contributed by atoms with Crippen molar-refractivity contribution in [3.05, 3.63) is 0 Å². The second-order valence-electron chi connectivity index (χ2n) is 2.96. The molecule has 0 saturated carbocycles. The first-order valence-corrected chi connectivity index (χ1v) is 4.21. The van der Waals surface area contributed by atoms with Crippen molar-refractivity contribution in [2.75, 3.05) is 0 Å². The summed E-state index contributed by atoms with van der Waals surface area (Å²) in [5.41, 5.74) is 0. The van der Waals surface area contributed by atoms with Crippen molar-refractivity contribution in [1.29, 1.82) is 0 Å². The van der Waals surface area contributed by atoms with Gasteiger partial charge in [-0.2, -0.15) is 0 Å². The van der Waals surface area contributed by atoms with Gasteiger partial charge in [-0.3, -0.25) is 9.59 Å². The van der Waals surface area contributed by atoms with Crippen molar-refractivity contribution >= 4 is 11.8 Å². The molecule has 0 aromatic heterocycles. The Bertz CT molecular complexity index is 223. The van der Waals surface area contributed by atoms with Gasteiger partial charge in [0, 0.05) is 12.8 Å². The predicted molar refractivity (Wildman–Crippen MR) is 48.9 cm³/mol. The van der Waals surface area contributed by atoms with Crippen LogP contribution in [-0.2, 0) is 14.3 Å².